The van der Waals surface area contributed by atoms with Crippen molar-refractivity contribution in [2.75, 3.05) is 19.8 Å². The molecule has 0 spiro atoms. The predicted molar refractivity (Wildman–Crippen MR) is 101 cm³/mol. The maximum absolute atomic E-state index is 12.5. The van der Waals surface area contributed by atoms with Gasteiger partial charge in [-0.15, -0.1) is 0 Å². The summed E-state index contributed by atoms with van der Waals surface area (Å²) in [5, 5.41) is 10.1. The van der Waals surface area contributed by atoms with Crippen LogP contribution in [0.15, 0.2) is 53.1 Å². The third-order valence-corrected chi connectivity index (χ3v) is 4.70. The lowest BCUT2D eigenvalue weighted by atomic mass is 9.93. The monoisotopic (exact) mass is 450 g/mol. The summed E-state index contributed by atoms with van der Waals surface area (Å²) in [5.74, 6) is -1.11. The van der Waals surface area contributed by atoms with Crippen LogP contribution in [0.1, 0.15) is 17.7 Å². The molecular formula is C19H19BrN2O6. The molecule has 0 aliphatic carbocycles. The molecule has 1 aliphatic heterocycles. The van der Waals surface area contributed by atoms with Crippen molar-refractivity contribution in [3.63, 3.8) is 0 Å². The number of aliphatic carboxylic acids is 1. The Labute approximate surface area is 170 Å². The summed E-state index contributed by atoms with van der Waals surface area (Å²) < 4.78 is 11.8. The lowest BCUT2D eigenvalue weighted by molar-refractivity contribution is -0.231. The van der Waals surface area contributed by atoms with Crippen LogP contribution in [-0.4, -0.2) is 47.0 Å². The van der Waals surface area contributed by atoms with Crippen LogP contribution >= 0.6 is 15.9 Å². The Hall–Kier alpha value is -2.49. The van der Waals surface area contributed by atoms with Crippen LogP contribution in [0.3, 0.4) is 0 Å². The van der Waals surface area contributed by atoms with Crippen LogP contribution in [0.25, 0.3) is 0 Å². The first-order chi connectivity index (χ1) is 13.5. The molecule has 1 atom stereocenters. The van der Waals surface area contributed by atoms with Gasteiger partial charge in [-0.05, 0) is 33.6 Å². The molecule has 1 unspecified atom stereocenters. The minimum Gasteiger partial charge on any atom is -0.480 e. The zero-order chi connectivity index (χ0) is 20.0. The highest BCUT2D eigenvalue weighted by molar-refractivity contribution is 9.10. The van der Waals surface area contributed by atoms with E-state index in [1.165, 1.54) is 0 Å². The second-order valence-corrected chi connectivity index (χ2v) is 7.11. The summed E-state index contributed by atoms with van der Waals surface area (Å²) in [7, 11) is 0. The van der Waals surface area contributed by atoms with Crippen LogP contribution in [0, 0.1) is 0 Å². The van der Waals surface area contributed by atoms with E-state index in [0.717, 1.165) is 15.1 Å². The first-order valence-corrected chi connectivity index (χ1v) is 9.37. The van der Waals surface area contributed by atoms with E-state index in [2.05, 4.69) is 20.9 Å². The van der Waals surface area contributed by atoms with Crippen molar-refractivity contribution < 1.29 is 29.0 Å². The first kappa shape index (κ1) is 20.2. The number of aromatic nitrogens is 1. The van der Waals surface area contributed by atoms with Gasteiger partial charge in [0.15, 0.2) is 0 Å². The summed E-state index contributed by atoms with van der Waals surface area (Å²) >= 11 is 3.32. The largest absolute Gasteiger partial charge is 0.480 e. The number of amides is 1. The number of carbonyl (C=O) groups is 2. The zero-order valence-corrected chi connectivity index (χ0v) is 16.5. The van der Waals surface area contributed by atoms with Crippen LogP contribution < -0.4 is 0 Å². The molecule has 2 heterocycles. The molecule has 0 radical (unpaired) electrons. The number of ether oxygens (including phenoxy) is 2. The molecule has 3 rings (SSSR count). The molecule has 1 amide bonds. The van der Waals surface area contributed by atoms with Gasteiger partial charge in [0.25, 0.3) is 0 Å². The van der Waals surface area contributed by atoms with Gasteiger partial charge in [0, 0.05) is 17.1 Å². The van der Waals surface area contributed by atoms with Gasteiger partial charge < -0.3 is 14.6 Å². The Morgan fingerprint density at radius 3 is 2.71 bits per heavy atom. The second kappa shape index (κ2) is 9.13. The number of hydrogen-bond acceptors (Lipinski definition) is 6. The topological polar surface area (TPSA) is 98.2 Å². The van der Waals surface area contributed by atoms with Crippen molar-refractivity contribution in [3.05, 3.63) is 64.4 Å². The smallest absolute Gasteiger partial charge is 0.434 e. The Kier molecular flexibility index (Phi) is 6.61. The third-order valence-electron chi connectivity index (χ3n) is 4.23. The number of nitrogens with zero attached hydrogens (tertiary/aromatic N) is 2. The van der Waals surface area contributed by atoms with E-state index >= 15 is 0 Å². The number of benzene rings is 1. The van der Waals surface area contributed by atoms with Crippen LogP contribution in [0.2, 0.25) is 0 Å². The fourth-order valence-corrected chi connectivity index (χ4v) is 3.07. The minimum absolute atomic E-state index is 0.0392. The number of rotatable bonds is 6. The molecule has 9 heteroatoms. The van der Waals surface area contributed by atoms with E-state index in [4.69, 9.17) is 19.4 Å². The molecule has 0 bridgehead atoms. The van der Waals surface area contributed by atoms with Gasteiger partial charge in [0.2, 0.25) is 0 Å². The van der Waals surface area contributed by atoms with Gasteiger partial charge in [0.1, 0.15) is 18.8 Å². The fourth-order valence-electron chi connectivity index (χ4n) is 2.83. The van der Waals surface area contributed by atoms with Crippen molar-refractivity contribution in [1.82, 2.24) is 10.0 Å². The maximum Gasteiger partial charge on any atom is 0.434 e. The second-order valence-electron chi connectivity index (χ2n) is 6.20. The first-order valence-electron chi connectivity index (χ1n) is 8.57. The Balaban J connectivity index is 1.74. The minimum atomic E-state index is -1.11. The van der Waals surface area contributed by atoms with E-state index in [1.807, 2.05) is 30.3 Å². The molecule has 1 aliphatic rings. The maximum atomic E-state index is 12.5. The van der Waals surface area contributed by atoms with Gasteiger partial charge in [-0.3, -0.25) is 9.82 Å². The van der Waals surface area contributed by atoms with Crippen LogP contribution in [0.4, 0.5) is 4.79 Å². The van der Waals surface area contributed by atoms with Crippen molar-refractivity contribution in [3.8, 4) is 0 Å². The summed E-state index contributed by atoms with van der Waals surface area (Å²) in [6.07, 6.45) is 1.26. The highest BCUT2D eigenvalue weighted by Crippen LogP contribution is 2.33. The van der Waals surface area contributed by atoms with E-state index in [0.29, 0.717) is 12.1 Å². The lowest BCUT2D eigenvalue weighted by Gasteiger charge is -2.40. The summed E-state index contributed by atoms with van der Waals surface area (Å²) in [4.78, 5) is 33.3. The van der Waals surface area contributed by atoms with Crippen molar-refractivity contribution in [2.24, 2.45) is 0 Å². The Morgan fingerprint density at radius 1 is 1.25 bits per heavy atom. The molecule has 1 aromatic carbocycles. The average Bonchev–Trinajstić information content (AvgIpc) is 2.72. The van der Waals surface area contributed by atoms with Crippen molar-refractivity contribution in [1.29, 1.82) is 0 Å². The van der Waals surface area contributed by atoms with Gasteiger partial charge in [-0.25, -0.2) is 9.59 Å². The molecule has 1 fully saturated rings. The highest BCUT2D eigenvalue weighted by atomic mass is 79.9. The number of carboxylic acid groups (broad SMARTS) is 1. The molecule has 28 heavy (non-hydrogen) atoms. The summed E-state index contributed by atoms with van der Waals surface area (Å²) in [5.41, 5.74) is 0.250. The molecule has 1 aromatic heterocycles. The highest BCUT2D eigenvalue weighted by Gasteiger charge is 2.43. The third kappa shape index (κ3) is 5.06. The normalized spacial score (nSPS) is 19.2. The van der Waals surface area contributed by atoms with Gasteiger partial charge in [-0.1, -0.05) is 30.3 Å². The number of carboxylic acids is 1. The number of hydrogen-bond donors (Lipinski definition) is 1. The standard InChI is InChI=1S/C19H19BrN2O6/c20-15-6-7-16(21-10-15)19(27-12-17(23)24)8-9-28-22(13-19)18(25)26-11-14-4-2-1-3-5-14/h1-7,10H,8-9,11-13H2,(H,23,24). The van der Waals surface area contributed by atoms with E-state index in [-0.39, 0.29) is 19.8 Å². The molecular weight excluding hydrogens is 432 g/mol. The van der Waals surface area contributed by atoms with Crippen molar-refractivity contribution in [2.45, 2.75) is 18.6 Å². The number of halogens is 1. The predicted octanol–water partition coefficient (Wildman–Crippen LogP) is 3.11. The zero-order valence-electron chi connectivity index (χ0n) is 14.9. The molecule has 1 saturated heterocycles. The summed E-state index contributed by atoms with van der Waals surface area (Å²) in [6, 6.07) is 12.8. The SMILES string of the molecule is O=C(O)COC1(c2ccc(Br)cn2)CCON(C(=O)OCc2ccccc2)C1. The summed E-state index contributed by atoms with van der Waals surface area (Å²) in [6.45, 7) is -0.315. The van der Waals surface area contributed by atoms with E-state index in [9.17, 15) is 9.59 Å². The molecule has 1 N–H and O–H groups in total. The van der Waals surface area contributed by atoms with Gasteiger partial charge in [-0.2, -0.15) is 5.06 Å². The Bertz CT molecular complexity index is 817. The van der Waals surface area contributed by atoms with E-state index in [1.54, 1.807) is 18.3 Å². The number of hydroxylamine groups is 2. The number of pyridine rings is 1. The lowest BCUT2D eigenvalue weighted by Crippen LogP contribution is -2.51. The van der Waals surface area contributed by atoms with Crippen LogP contribution in [0.5, 0.6) is 0 Å². The van der Waals surface area contributed by atoms with Gasteiger partial charge in [0.05, 0.1) is 18.8 Å². The quantitative estimate of drug-likeness (QED) is 0.721. The van der Waals surface area contributed by atoms with Crippen molar-refractivity contribution >= 4 is 28.0 Å². The van der Waals surface area contributed by atoms with Gasteiger partial charge >= 0.3 is 12.1 Å². The average molecular weight is 451 g/mol. The van der Waals surface area contributed by atoms with E-state index < -0.39 is 24.3 Å². The molecule has 148 valence electrons. The molecule has 8 nitrogen and oxygen atoms in total. The molecule has 2 aromatic rings. The fraction of sp³-hybridized carbons (Fsp3) is 0.316. The van der Waals surface area contributed by atoms with Crippen LogP contribution in [-0.2, 0) is 31.3 Å². The Morgan fingerprint density at radius 2 is 2.04 bits per heavy atom. The number of carbonyl (C=O) groups excluding carboxylic acids is 1. The molecule has 0 saturated carbocycles.